The Morgan fingerprint density at radius 3 is 2.46 bits per heavy atom. The number of hydrogen-bond donors (Lipinski definition) is 3. The van der Waals surface area contributed by atoms with Gasteiger partial charge < -0.3 is 29.2 Å². The monoisotopic (exact) mass is 474 g/mol. The number of phenolic OH excluding ortho intramolecular Hbond substituents is 3. The number of carbonyl (C=O) groups is 1. The van der Waals surface area contributed by atoms with Crippen LogP contribution in [0, 0.1) is 0 Å². The number of benzene rings is 3. The first-order valence-electron chi connectivity index (χ1n) is 11.0. The molecule has 178 valence electrons. The minimum Gasteiger partial charge on any atom is -0.507 e. The molecule has 8 nitrogen and oxygen atoms in total. The minimum atomic E-state index is -0.573. The topological polar surface area (TPSA) is 126 Å². The fourth-order valence-electron chi connectivity index (χ4n) is 4.37. The molecule has 1 aliphatic heterocycles. The summed E-state index contributed by atoms with van der Waals surface area (Å²) in [5.41, 5.74) is 1.02. The van der Waals surface area contributed by atoms with E-state index >= 15 is 0 Å². The van der Waals surface area contributed by atoms with Gasteiger partial charge in [-0.3, -0.25) is 9.59 Å². The molecule has 3 N–H and O–H groups in total. The number of fused-ring (bicyclic) bond motifs is 3. The highest BCUT2D eigenvalue weighted by molar-refractivity contribution is 5.93. The third kappa shape index (κ3) is 3.93. The van der Waals surface area contributed by atoms with Crippen LogP contribution in [0.2, 0.25) is 0 Å². The first-order valence-corrected chi connectivity index (χ1v) is 11.0. The Labute approximate surface area is 199 Å². The third-order valence-corrected chi connectivity index (χ3v) is 5.84. The molecule has 3 aromatic carbocycles. The maximum atomic E-state index is 13.1. The summed E-state index contributed by atoms with van der Waals surface area (Å²) in [6.45, 7) is 3.79. The van der Waals surface area contributed by atoms with Crippen LogP contribution in [0.25, 0.3) is 22.3 Å². The molecule has 0 saturated carbocycles. The Bertz CT molecular complexity index is 1530. The number of rotatable bonds is 4. The van der Waals surface area contributed by atoms with Crippen molar-refractivity contribution in [3.63, 3.8) is 0 Å². The predicted octanol–water partition coefficient (Wildman–Crippen LogP) is 4.81. The van der Waals surface area contributed by atoms with E-state index in [4.69, 9.17) is 13.9 Å². The zero-order valence-corrected chi connectivity index (χ0v) is 18.9. The van der Waals surface area contributed by atoms with E-state index < -0.39 is 17.3 Å². The van der Waals surface area contributed by atoms with E-state index in [0.717, 1.165) is 0 Å². The summed E-state index contributed by atoms with van der Waals surface area (Å²) in [4.78, 5) is 25.6. The van der Waals surface area contributed by atoms with Crippen LogP contribution < -0.4 is 14.9 Å². The van der Waals surface area contributed by atoms with E-state index in [1.807, 2.05) is 32.0 Å². The molecule has 0 amide bonds. The molecule has 2 heterocycles. The average Bonchev–Trinajstić information content (AvgIpc) is 2.79. The second-order valence-corrected chi connectivity index (χ2v) is 8.63. The summed E-state index contributed by atoms with van der Waals surface area (Å²) in [7, 11) is 0. The fourth-order valence-corrected chi connectivity index (χ4v) is 4.37. The summed E-state index contributed by atoms with van der Waals surface area (Å²) >= 11 is 0. The molecule has 5 rings (SSSR count). The number of ether oxygens (including phenoxy) is 2. The molecular weight excluding hydrogens is 452 g/mol. The van der Waals surface area contributed by atoms with Gasteiger partial charge in [-0.2, -0.15) is 0 Å². The highest BCUT2D eigenvalue weighted by Gasteiger charge is 2.35. The summed E-state index contributed by atoms with van der Waals surface area (Å²) in [6, 6.07) is 13.8. The van der Waals surface area contributed by atoms with Gasteiger partial charge in [0, 0.05) is 34.7 Å². The Balaban J connectivity index is 1.80. The molecule has 35 heavy (non-hydrogen) atoms. The predicted molar refractivity (Wildman–Crippen MR) is 127 cm³/mol. The van der Waals surface area contributed by atoms with Gasteiger partial charge in [-0.05, 0) is 38.1 Å². The van der Waals surface area contributed by atoms with Crippen molar-refractivity contribution in [3.05, 3.63) is 75.9 Å². The van der Waals surface area contributed by atoms with Crippen LogP contribution in [0.1, 0.15) is 37.3 Å². The normalized spacial score (nSPS) is 15.2. The second kappa shape index (κ2) is 8.39. The van der Waals surface area contributed by atoms with Gasteiger partial charge in [0.1, 0.15) is 34.0 Å². The maximum Gasteiger partial charge on any atom is 0.312 e. The van der Waals surface area contributed by atoms with Crippen LogP contribution >= 0.6 is 0 Å². The van der Waals surface area contributed by atoms with E-state index in [-0.39, 0.29) is 52.3 Å². The lowest BCUT2D eigenvalue weighted by atomic mass is 9.84. The highest BCUT2D eigenvalue weighted by Crippen LogP contribution is 2.48. The SMILES string of the molecule is CC(C)Oc1ccccc1[C@@H]1CC(=O)Oc2cc(O)c3c(=O)cc(-c4ccc(O)c(O)c4)oc3c21. The van der Waals surface area contributed by atoms with Crippen molar-refractivity contribution in [2.75, 3.05) is 0 Å². The molecule has 8 heteroatoms. The number of phenols is 3. The Kier molecular flexibility index (Phi) is 5.36. The zero-order valence-electron chi connectivity index (χ0n) is 18.9. The van der Waals surface area contributed by atoms with Gasteiger partial charge in [0.15, 0.2) is 16.9 Å². The zero-order chi connectivity index (χ0) is 24.9. The Morgan fingerprint density at radius 1 is 0.943 bits per heavy atom. The average molecular weight is 474 g/mol. The molecule has 0 aliphatic carbocycles. The maximum absolute atomic E-state index is 13.1. The fraction of sp³-hybridized carbons (Fsp3) is 0.185. The van der Waals surface area contributed by atoms with Gasteiger partial charge >= 0.3 is 5.97 Å². The van der Waals surface area contributed by atoms with Crippen LogP contribution in [0.5, 0.6) is 28.7 Å². The quantitative estimate of drug-likeness (QED) is 0.219. The molecular formula is C27H22O8. The Hall–Kier alpha value is -4.46. The van der Waals surface area contributed by atoms with E-state index in [1.54, 1.807) is 6.07 Å². The van der Waals surface area contributed by atoms with Crippen molar-refractivity contribution < 1.29 is 34.0 Å². The van der Waals surface area contributed by atoms with Crippen molar-refractivity contribution in [3.8, 4) is 40.1 Å². The first kappa shape index (κ1) is 22.3. The van der Waals surface area contributed by atoms with Crippen LogP contribution in [-0.2, 0) is 4.79 Å². The van der Waals surface area contributed by atoms with Crippen LogP contribution in [0.3, 0.4) is 0 Å². The number of para-hydroxylation sites is 1. The number of esters is 1. The number of hydrogen-bond acceptors (Lipinski definition) is 8. The lowest BCUT2D eigenvalue weighted by molar-refractivity contribution is -0.135. The molecule has 0 saturated heterocycles. The van der Waals surface area contributed by atoms with Crippen molar-refractivity contribution in [2.45, 2.75) is 32.3 Å². The van der Waals surface area contributed by atoms with E-state index in [9.17, 15) is 24.9 Å². The van der Waals surface area contributed by atoms with Gasteiger partial charge in [-0.25, -0.2) is 0 Å². The lowest BCUT2D eigenvalue weighted by Gasteiger charge is -2.27. The van der Waals surface area contributed by atoms with Crippen molar-refractivity contribution in [1.82, 2.24) is 0 Å². The van der Waals surface area contributed by atoms with E-state index in [2.05, 4.69) is 0 Å². The summed E-state index contributed by atoms with van der Waals surface area (Å²) in [6.07, 6.45) is -0.145. The number of carbonyl (C=O) groups excluding carboxylic acids is 1. The summed E-state index contributed by atoms with van der Waals surface area (Å²) in [5.74, 6) is -1.38. The van der Waals surface area contributed by atoms with E-state index in [0.29, 0.717) is 22.4 Å². The molecule has 1 aliphatic rings. The molecule has 0 fully saturated rings. The molecule has 0 bridgehead atoms. The summed E-state index contributed by atoms with van der Waals surface area (Å²) < 4.78 is 17.5. The van der Waals surface area contributed by atoms with Crippen LogP contribution in [-0.4, -0.2) is 27.4 Å². The molecule has 0 spiro atoms. The third-order valence-electron chi connectivity index (χ3n) is 5.84. The lowest BCUT2D eigenvalue weighted by Crippen LogP contribution is -2.22. The van der Waals surface area contributed by atoms with Gasteiger partial charge in [0.25, 0.3) is 0 Å². The van der Waals surface area contributed by atoms with Crippen LogP contribution in [0.4, 0.5) is 0 Å². The van der Waals surface area contributed by atoms with Crippen LogP contribution in [0.15, 0.2) is 63.8 Å². The van der Waals surface area contributed by atoms with Gasteiger partial charge in [0.05, 0.1) is 12.5 Å². The molecule has 0 unspecified atom stereocenters. The van der Waals surface area contributed by atoms with Gasteiger partial charge in [-0.15, -0.1) is 0 Å². The van der Waals surface area contributed by atoms with Crippen molar-refractivity contribution >= 4 is 16.9 Å². The van der Waals surface area contributed by atoms with Crippen molar-refractivity contribution in [2.24, 2.45) is 0 Å². The summed E-state index contributed by atoms with van der Waals surface area (Å²) in [5, 5.41) is 30.1. The molecule has 1 aromatic heterocycles. The second-order valence-electron chi connectivity index (χ2n) is 8.63. The Morgan fingerprint density at radius 2 is 1.71 bits per heavy atom. The smallest absolute Gasteiger partial charge is 0.312 e. The molecule has 4 aromatic rings. The number of aromatic hydroxyl groups is 3. The highest BCUT2D eigenvalue weighted by atomic mass is 16.5. The van der Waals surface area contributed by atoms with Gasteiger partial charge in [-0.1, -0.05) is 18.2 Å². The molecule has 1 atom stereocenters. The largest absolute Gasteiger partial charge is 0.507 e. The standard InChI is InChI=1S/C27H22O8/c1-13(2)33-21-6-4-3-5-15(21)16-10-24(32)34-23-12-20(31)26-19(30)11-22(35-27(26)25(16)23)14-7-8-17(28)18(29)9-14/h3-9,11-13,16,28-29,31H,10H2,1-2H3/t16-/m0/s1. The first-order chi connectivity index (χ1) is 16.7. The van der Waals surface area contributed by atoms with Gasteiger partial charge in [0.2, 0.25) is 0 Å². The molecule has 0 radical (unpaired) electrons. The van der Waals surface area contributed by atoms with Crippen molar-refractivity contribution in [1.29, 1.82) is 0 Å². The minimum absolute atomic E-state index is 0.0285. The van der Waals surface area contributed by atoms with E-state index in [1.165, 1.54) is 30.3 Å².